The van der Waals surface area contributed by atoms with Gasteiger partial charge in [0.25, 0.3) is 0 Å². The molecule has 0 fully saturated rings. The zero-order valence-corrected chi connectivity index (χ0v) is 11.4. The van der Waals surface area contributed by atoms with E-state index in [1.165, 1.54) is 23.2 Å². The highest BCUT2D eigenvalue weighted by molar-refractivity contribution is 7.16. The van der Waals surface area contributed by atoms with Crippen molar-refractivity contribution < 1.29 is 9.21 Å². The highest BCUT2D eigenvalue weighted by Gasteiger charge is 2.09. The molecule has 96 valence electrons. The molecule has 0 saturated carbocycles. The van der Waals surface area contributed by atoms with Crippen LogP contribution < -0.4 is 4.80 Å². The molecule has 3 aromatic rings. The molecule has 0 unspecified atom stereocenters. The van der Waals surface area contributed by atoms with Gasteiger partial charge in [-0.15, -0.1) is 0 Å². The van der Waals surface area contributed by atoms with E-state index in [-0.39, 0.29) is 11.7 Å². The Bertz CT molecular complexity index is 810. The molecule has 0 saturated heterocycles. The van der Waals surface area contributed by atoms with E-state index in [4.69, 9.17) is 4.42 Å². The van der Waals surface area contributed by atoms with Crippen molar-refractivity contribution in [1.29, 1.82) is 0 Å². The summed E-state index contributed by atoms with van der Waals surface area (Å²) in [5.74, 6) is -0.0982. The zero-order chi connectivity index (χ0) is 13.4. The number of thiazole rings is 1. The third kappa shape index (κ3) is 2.02. The molecule has 0 aliphatic heterocycles. The van der Waals surface area contributed by atoms with E-state index in [0.29, 0.717) is 4.80 Å². The van der Waals surface area contributed by atoms with Gasteiger partial charge >= 0.3 is 5.91 Å². The Hall–Kier alpha value is -2.14. The Kier molecular flexibility index (Phi) is 2.83. The molecule has 19 heavy (non-hydrogen) atoms. The minimum atomic E-state index is -0.357. The maximum absolute atomic E-state index is 11.9. The van der Waals surface area contributed by atoms with Crippen LogP contribution >= 0.6 is 11.3 Å². The Labute approximate surface area is 113 Å². The van der Waals surface area contributed by atoms with Gasteiger partial charge in [-0.2, -0.15) is 4.99 Å². The van der Waals surface area contributed by atoms with E-state index in [1.54, 1.807) is 12.1 Å². The summed E-state index contributed by atoms with van der Waals surface area (Å²) in [5, 5.41) is 0. The molecule has 0 aliphatic rings. The molecule has 0 spiro atoms. The molecule has 0 radical (unpaired) electrons. The lowest BCUT2D eigenvalue weighted by Crippen LogP contribution is -2.13. The third-order valence-corrected chi connectivity index (χ3v) is 4.05. The predicted octanol–water partition coefficient (Wildman–Crippen LogP) is 2.88. The third-order valence-electron chi connectivity index (χ3n) is 2.95. The smallest absolute Gasteiger partial charge is 0.315 e. The van der Waals surface area contributed by atoms with Crippen molar-refractivity contribution in [2.45, 2.75) is 6.92 Å². The van der Waals surface area contributed by atoms with Gasteiger partial charge in [-0.1, -0.05) is 23.5 Å². The van der Waals surface area contributed by atoms with Crippen LogP contribution in [0.25, 0.3) is 10.2 Å². The lowest BCUT2D eigenvalue weighted by atomic mass is 10.2. The minimum Gasteiger partial charge on any atom is -0.459 e. The number of amides is 1. The van der Waals surface area contributed by atoms with Crippen LogP contribution in [0.1, 0.15) is 16.1 Å². The van der Waals surface area contributed by atoms with Crippen molar-refractivity contribution >= 4 is 27.5 Å². The summed E-state index contributed by atoms with van der Waals surface area (Å²) < 4.78 is 8.12. The first kappa shape index (κ1) is 11.9. The lowest BCUT2D eigenvalue weighted by Gasteiger charge is -1.98. The van der Waals surface area contributed by atoms with Crippen molar-refractivity contribution in [3.63, 3.8) is 0 Å². The van der Waals surface area contributed by atoms with E-state index in [2.05, 4.69) is 4.99 Å². The van der Waals surface area contributed by atoms with Crippen molar-refractivity contribution in [3.05, 3.63) is 52.7 Å². The maximum atomic E-state index is 11.9. The number of hydrogen-bond acceptors (Lipinski definition) is 3. The molecule has 1 aromatic carbocycles. The Balaban J connectivity index is 2.19. The first-order valence-corrected chi connectivity index (χ1v) is 6.66. The van der Waals surface area contributed by atoms with Gasteiger partial charge in [0.1, 0.15) is 0 Å². The summed E-state index contributed by atoms with van der Waals surface area (Å²) in [6.07, 6.45) is 1.47. The highest BCUT2D eigenvalue weighted by Crippen LogP contribution is 2.19. The van der Waals surface area contributed by atoms with E-state index < -0.39 is 0 Å². The van der Waals surface area contributed by atoms with Crippen LogP contribution in [0, 0.1) is 6.92 Å². The Morgan fingerprint density at radius 1 is 1.32 bits per heavy atom. The standard InChI is InChI=1S/C14H12N2O2S/c1-9-5-3-7-11-12(9)16(2)14(19-11)15-13(17)10-6-4-8-18-10/h3-8H,1-2H3. The molecule has 2 heterocycles. The van der Waals surface area contributed by atoms with E-state index in [0.717, 1.165) is 10.2 Å². The summed E-state index contributed by atoms with van der Waals surface area (Å²) in [6.45, 7) is 2.05. The monoisotopic (exact) mass is 272 g/mol. The van der Waals surface area contributed by atoms with E-state index in [1.807, 2.05) is 36.7 Å². The molecule has 5 heteroatoms. The van der Waals surface area contributed by atoms with Crippen molar-refractivity contribution in [1.82, 2.24) is 4.57 Å². The van der Waals surface area contributed by atoms with Crippen LogP contribution in [0.3, 0.4) is 0 Å². The normalized spacial score (nSPS) is 12.2. The fraction of sp³-hybridized carbons (Fsp3) is 0.143. The van der Waals surface area contributed by atoms with Crippen molar-refractivity contribution in [2.24, 2.45) is 12.0 Å². The number of benzene rings is 1. The predicted molar refractivity (Wildman–Crippen MR) is 74.1 cm³/mol. The number of hydrogen-bond donors (Lipinski definition) is 0. The summed E-state index contributed by atoms with van der Waals surface area (Å²) in [7, 11) is 1.92. The van der Waals surface area contributed by atoms with Crippen molar-refractivity contribution in [3.8, 4) is 0 Å². The summed E-state index contributed by atoms with van der Waals surface area (Å²) in [4.78, 5) is 16.7. The molecule has 1 amide bonds. The number of para-hydroxylation sites is 1. The maximum Gasteiger partial charge on any atom is 0.315 e. The SMILES string of the molecule is Cc1cccc2sc(=NC(=O)c3ccco3)n(C)c12. The molecule has 2 aromatic heterocycles. The van der Waals surface area contributed by atoms with Gasteiger partial charge < -0.3 is 8.98 Å². The molecule has 0 bridgehead atoms. The Morgan fingerprint density at radius 2 is 2.16 bits per heavy atom. The average Bonchev–Trinajstić information content (AvgIpc) is 2.99. The van der Waals surface area contributed by atoms with Crippen molar-refractivity contribution in [2.75, 3.05) is 0 Å². The number of rotatable bonds is 1. The number of aromatic nitrogens is 1. The minimum absolute atomic E-state index is 0.258. The molecule has 0 atom stereocenters. The number of fused-ring (bicyclic) bond motifs is 1. The fourth-order valence-corrected chi connectivity index (χ4v) is 3.14. The zero-order valence-electron chi connectivity index (χ0n) is 10.6. The second kappa shape index (κ2) is 4.51. The quantitative estimate of drug-likeness (QED) is 0.684. The molecule has 4 nitrogen and oxygen atoms in total. The van der Waals surface area contributed by atoms with Gasteiger partial charge in [-0.05, 0) is 30.7 Å². The number of carbonyl (C=O) groups is 1. The van der Waals surface area contributed by atoms with Crippen LogP contribution in [0.5, 0.6) is 0 Å². The molecular formula is C14H12N2O2S. The molecule has 3 rings (SSSR count). The van der Waals surface area contributed by atoms with Gasteiger partial charge in [-0.25, -0.2) is 0 Å². The van der Waals surface area contributed by atoms with Crippen LogP contribution in [0.4, 0.5) is 0 Å². The number of furan rings is 1. The lowest BCUT2D eigenvalue weighted by molar-refractivity contribution is 0.0971. The van der Waals surface area contributed by atoms with Gasteiger partial charge in [0, 0.05) is 7.05 Å². The fourth-order valence-electron chi connectivity index (χ4n) is 2.05. The summed E-state index contributed by atoms with van der Waals surface area (Å²) >= 11 is 1.50. The number of carbonyl (C=O) groups excluding carboxylic acids is 1. The van der Waals surface area contributed by atoms with Crippen LogP contribution in [0.15, 0.2) is 46.0 Å². The molecule has 0 aliphatic carbocycles. The number of aryl methyl sites for hydroxylation is 2. The van der Waals surface area contributed by atoms with Gasteiger partial charge in [0.05, 0.1) is 16.5 Å². The second-order valence-electron chi connectivity index (χ2n) is 4.26. The van der Waals surface area contributed by atoms with Gasteiger partial charge in [0.15, 0.2) is 10.6 Å². The van der Waals surface area contributed by atoms with Gasteiger partial charge in [-0.3, -0.25) is 4.79 Å². The second-order valence-corrected chi connectivity index (χ2v) is 5.27. The molecular weight excluding hydrogens is 260 g/mol. The summed E-state index contributed by atoms with van der Waals surface area (Å²) in [6, 6.07) is 9.38. The van der Waals surface area contributed by atoms with Crippen LogP contribution in [-0.4, -0.2) is 10.5 Å². The number of nitrogens with zero attached hydrogens (tertiary/aromatic N) is 2. The van der Waals surface area contributed by atoms with Gasteiger partial charge in [0.2, 0.25) is 0 Å². The van der Waals surface area contributed by atoms with E-state index >= 15 is 0 Å². The first-order valence-electron chi connectivity index (χ1n) is 5.84. The summed E-state index contributed by atoms with van der Waals surface area (Å²) in [5.41, 5.74) is 2.28. The largest absolute Gasteiger partial charge is 0.459 e. The topological polar surface area (TPSA) is 47.5 Å². The highest BCUT2D eigenvalue weighted by atomic mass is 32.1. The first-order chi connectivity index (χ1) is 9.16. The van der Waals surface area contributed by atoms with Crippen LogP contribution in [0.2, 0.25) is 0 Å². The van der Waals surface area contributed by atoms with Crippen LogP contribution in [-0.2, 0) is 7.05 Å². The molecule has 0 N–H and O–H groups in total. The van der Waals surface area contributed by atoms with E-state index in [9.17, 15) is 4.79 Å². The average molecular weight is 272 g/mol. The Morgan fingerprint density at radius 3 is 2.84 bits per heavy atom.